The van der Waals surface area contributed by atoms with Gasteiger partial charge in [0.15, 0.2) is 9.84 Å². The normalized spacial score (nSPS) is 22.6. The molecule has 0 saturated heterocycles. The smallest absolute Gasteiger partial charge is 0.154 e. The molecule has 0 heterocycles. The summed E-state index contributed by atoms with van der Waals surface area (Å²) in [6.07, 6.45) is 1.68. The summed E-state index contributed by atoms with van der Waals surface area (Å²) >= 11 is 0. The number of sulfone groups is 1. The van der Waals surface area contributed by atoms with Crippen LogP contribution in [0.2, 0.25) is 0 Å². The predicted octanol–water partition coefficient (Wildman–Crippen LogP) is -0.0892. The van der Waals surface area contributed by atoms with Gasteiger partial charge in [-0.1, -0.05) is 0 Å². The van der Waals surface area contributed by atoms with Crippen molar-refractivity contribution in [1.29, 1.82) is 0 Å². The molecule has 10 heavy (non-hydrogen) atoms. The highest BCUT2D eigenvalue weighted by atomic mass is 32.2. The van der Waals surface area contributed by atoms with Gasteiger partial charge in [0, 0.05) is 6.04 Å². The Labute approximate surface area is 61.5 Å². The van der Waals surface area contributed by atoms with Crippen LogP contribution < -0.4 is 5.73 Å². The monoisotopic (exact) mass is 163 g/mol. The molecule has 2 N–H and O–H groups in total. The SMILES string of the molecule is CC(N)CS(=O)(=O)C1CC1. The quantitative estimate of drug-likeness (QED) is 0.632. The van der Waals surface area contributed by atoms with E-state index in [9.17, 15) is 8.42 Å². The number of rotatable bonds is 3. The fraction of sp³-hybridized carbons (Fsp3) is 1.00. The van der Waals surface area contributed by atoms with Crippen LogP contribution in [-0.2, 0) is 9.84 Å². The molecule has 4 heteroatoms. The van der Waals surface area contributed by atoms with Crippen LogP contribution in [0.1, 0.15) is 19.8 Å². The first-order chi connectivity index (χ1) is 4.52. The Bertz CT molecular complexity index is 204. The summed E-state index contributed by atoms with van der Waals surface area (Å²) in [5.74, 6) is 0.150. The van der Waals surface area contributed by atoms with Crippen LogP contribution in [0.3, 0.4) is 0 Å². The molecule has 0 amide bonds. The third-order valence-electron chi connectivity index (χ3n) is 1.53. The average Bonchev–Trinajstić information content (AvgIpc) is 2.35. The first kappa shape index (κ1) is 8.01. The average molecular weight is 163 g/mol. The van der Waals surface area contributed by atoms with Gasteiger partial charge in [-0.25, -0.2) is 8.42 Å². The zero-order chi connectivity index (χ0) is 7.78. The lowest BCUT2D eigenvalue weighted by atomic mass is 10.4. The van der Waals surface area contributed by atoms with Crippen molar-refractivity contribution in [2.24, 2.45) is 5.73 Å². The number of nitrogens with two attached hydrogens (primary N) is 1. The van der Waals surface area contributed by atoms with Crippen molar-refractivity contribution in [3.8, 4) is 0 Å². The minimum absolute atomic E-state index is 0.0569. The van der Waals surface area contributed by atoms with Gasteiger partial charge in [-0.15, -0.1) is 0 Å². The maximum Gasteiger partial charge on any atom is 0.154 e. The molecule has 1 aliphatic rings. The Morgan fingerprint density at radius 1 is 1.60 bits per heavy atom. The fourth-order valence-electron chi connectivity index (χ4n) is 0.930. The van der Waals surface area contributed by atoms with Crippen LogP contribution in [0.5, 0.6) is 0 Å². The standard InChI is InChI=1S/C6H13NO2S/c1-5(7)4-10(8,9)6-2-3-6/h5-6H,2-4,7H2,1H3. The van der Waals surface area contributed by atoms with E-state index < -0.39 is 9.84 Å². The van der Waals surface area contributed by atoms with Gasteiger partial charge in [-0.3, -0.25) is 0 Å². The van der Waals surface area contributed by atoms with E-state index in [2.05, 4.69) is 0 Å². The fourth-order valence-corrected chi connectivity index (χ4v) is 2.79. The molecule has 0 aromatic rings. The van der Waals surface area contributed by atoms with E-state index in [0.29, 0.717) is 0 Å². The maximum absolute atomic E-state index is 11.1. The van der Waals surface area contributed by atoms with Crippen LogP contribution in [0, 0.1) is 0 Å². The summed E-state index contributed by atoms with van der Waals surface area (Å²) in [6, 6.07) is -0.217. The van der Waals surface area contributed by atoms with Gasteiger partial charge in [0.25, 0.3) is 0 Å². The van der Waals surface area contributed by atoms with Crippen molar-refractivity contribution in [1.82, 2.24) is 0 Å². The predicted molar refractivity (Wildman–Crippen MR) is 40.5 cm³/mol. The number of hydrogen-bond acceptors (Lipinski definition) is 3. The molecule has 0 aromatic heterocycles. The molecule has 0 spiro atoms. The summed E-state index contributed by atoms with van der Waals surface area (Å²) in [5, 5.41) is -0.0569. The molecule has 0 aromatic carbocycles. The molecule has 1 aliphatic carbocycles. The second-order valence-electron chi connectivity index (χ2n) is 3.01. The highest BCUT2D eigenvalue weighted by Crippen LogP contribution is 2.28. The van der Waals surface area contributed by atoms with Gasteiger partial charge in [-0.2, -0.15) is 0 Å². The second-order valence-corrected chi connectivity index (χ2v) is 5.33. The summed E-state index contributed by atoms with van der Waals surface area (Å²) in [6.45, 7) is 1.72. The first-order valence-electron chi connectivity index (χ1n) is 3.49. The van der Waals surface area contributed by atoms with E-state index in [-0.39, 0.29) is 17.0 Å². The van der Waals surface area contributed by atoms with Gasteiger partial charge >= 0.3 is 0 Å². The van der Waals surface area contributed by atoms with Crippen molar-refractivity contribution in [2.75, 3.05) is 5.75 Å². The minimum Gasteiger partial charge on any atom is -0.327 e. The van der Waals surface area contributed by atoms with E-state index in [0.717, 1.165) is 12.8 Å². The molecular formula is C6H13NO2S. The Balaban J connectivity index is 2.51. The second kappa shape index (κ2) is 2.51. The zero-order valence-electron chi connectivity index (χ0n) is 6.08. The Morgan fingerprint density at radius 2 is 2.10 bits per heavy atom. The Kier molecular flexibility index (Phi) is 2.01. The van der Waals surface area contributed by atoms with E-state index in [1.165, 1.54) is 0 Å². The summed E-state index contributed by atoms with van der Waals surface area (Å²) in [7, 11) is -2.81. The van der Waals surface area contributed by atoms with Crippen LogP contribution in [-0.4, -0.2) is 25.5 Å². The molecule has 60 valence electrons. The lowest BCUT2D eigenvalue weighted by Crippen LogP contribution is -2.28. The van der Waals surface area contributed by atoms with Crippen LogP contribution in [0.25, 0.3) is 0 Å². The highest BCUT2D eigenvalue weighted by Gasteiger charge is 2.35. The number of hydrogen-bond donors (Lipinski definition) is 1. The topological polar surface area (TPSA) is 60.2 Å². The molecule has 3 nitrogen and oxygen atoms in total. The molecular weight excluding hydrogens is 150 g/mol. The highest BCUT2D eigenvalue weighted by molar-refractivity contribution is 7.92. The van der Waals surface area contributed by atoms with Crippen molar-refractivity contribution < 1.29 is 8.42 Å². The molecule has 1 fully saturated rings. The molecule has 0 aliphatic heterocycles. The van der Waals surface area contributed by atoms with E-state index >= 15 is 0 Å². The lowest BCUT2D eigenvalue weighted by molar-refractivity contribution is 0.589. The molecule has 1 saturated carbocycles. The largest absolute Gasteiger partial charge is 0.327 e. The van der Waals surface area contributed by atoms with Crippen LogP contribution in [0.4, 0.5) is 0 Å². The van der Waals surface area contributed by atoms with Gasteiger partial charge in [0.1, 0.15) is 0 Å². The summed E-state index contributed by atoms with van der Waals surface area (Å²) in [4.78, 5) is 0. The van der Waals surface area contributed by atoms with E-state index in [4.69, 9.17) is 5.73 Å². The van der Waals surface area contributed by atoms with Crippen molar-refractivity contribution in [3.63, 3.8) is 0 Å². The van der Waals surface area contributed by atoms with Crippen molar-refractivity contribution in [3.05, 3.63) is 0 Å². The Morgan fingerprint density at radius 3 is 2.40 bits per heavy atom. The Hall–Kier alpha value is -0.0900. The van der Waals surface area contributed by atoms with Crippen molar-refractivity contribution >= 4 is 9.84 Å². The molecule has 1 unspecified atom stereocenters. The van der Waals surface area contributed by atoms with Gasteiger partial charge < -0.3 is 5.73 Å². The molecule has 1 atom stereocenters. The van der Waals surface area contributed by atoms with E-state index in [1.54, 1.807) is 6.92 Å². The summed E-state index contributed by atoms with van der Waals surface area (Å²) < 4.78 is 22.2. The minimum atomic E-state index is -2.81. The molecule has 1 rings (SSSR count). The maximum atomic E-state index is 11.1. The zero-order valence-corrected chi connectivity index (χ0v) is 6.89. The van der Waals surface area contributed by atoms with Gasteiger partial charge in [0.2, 0.25) is 0 Å². The first-order valence-corrected chi connectivity index (χ1v) is 5.21. The van der Waals surface area contributed by atoms with Crippen LogP contribution >= 0.6 is 0 Å². The van der Waals surface area contributed by atoms with Gasteiger partial charge in [0.05, 0.1) is 11.0 Å². The lowest BCUT2D eigenvalue weighted by Gasteiger charge is -2.04. The van der Waals surface area contributed by atoms with Crippen LogP contribution in [0.15, 0.2) is 0 Å². The third-order valence-corrected chi connectivity index (χ3v) is 4.00. The van der Waals surface area contributed by atoms with Gasteiger partial charge in [-0.05, 0) is 19.8 Å². The molecule has 0 radical (unpaired) electrons. The van der Waals surface area contributed by atoms with Crippen molar-refractivity contribution in [2.45, 2.75) is 31.1 Å². The summed E-state index contributed by atoms with van der Waals surface area (Å²) in [5.41, 5.74) is 5.36. The van der Waals surface area contributed by atoms with E-state index in [1.807, 2.05) is 0 Å². The third kappa shape index (κ3) is 1.95. The molecule has 0 bridgehead atoms.